The van der Waals surface area contributed by atoms with Crippen LogP contribution in [0.1, 0.15) is 16.3 Å². The summed E-state index contributed by atoms with van der Waals surface area (Å²) in [5, 5.41) is 13.5. The van der Waals surface area contributed by atoms with Crippen LogP contribution in [0.4, 0.5) is 15.8 Å². The van der Waals surface area contributed by atoms with E-state index >= 15 is 0 Å². The minimum atomic E-state index is -0.587. The summed E-state index contributed by atoms with van der Waals surface area (Å²) < 4.78 is 28.7. The van der Waals surface area contributed by atoms with E-state index < -0.39 is 10.8 Å². The minimum Gasteiger partial charge on any atom is -0.496 e. The number of ether oxygens (including phenoxy) is 2. The number of anilines is 1. The van der Waals surface area contributed by atoms with Gasteiger partial charge in [0.1, 0.15) is 29.7 Å². The van der Waals surface area contributed by atoms with Gasteiger partial charge < -0.3 is 19.2 Å². The predicted octanol–water partition coefficient (Wildman–Crippen LogP) is 4.17. The lowest BCUT2D eigenvalue weighted by atomic mass is 10.2. The largest absolute Gasteiger partial charge is 0.496 e. The Morgan fingerprint density at radius 3 is 2.57 bits per heavy atom. The quantitative estimate of drug-likeness (QED) is 0.483. The van der Waals surface area contributed by atoms with Crippen molar-refractivity contribution in [1.82, 2.24) is 0 Å². The van der Waals surface area contributed by atoms with Gasteiger partial charge in [0, 0.05) is 12.1 Å². The molecule has 0 radical (unpaired) electrons. The Bertz CT molecular complexity index is 1000. The number of nitro groups is 1. The van der Waals surface area contributed by atoms with Crippen molar-refractivity contribution in [2.45, 2.75) is 6.61 Å². The van der Waals surface area contributed by atoms with Crippen LogP contribution in [0.3, 0.4) is 0 Å². The van der Waals surface area contributed by atoms with Crippen molar-refractivity contribution < 1.29 is 28.0 Å². The molecule has 1 aromatic heterocycles. The van der Waals surface area contributed by atoms with Gasteiger partial charge in [-0.3, -0.25) is 14.9 Å². The molecule has 1 amide bonds. The number of nitrogens with one attached hydrogen (secondary N) is 1. The van der Waals surface area contributed by atoms with Crippen molar-refractivity contribution in [1.29, 1.82) is 0 Å². The first-order valence-corrected chi connectivity index (χ1v) is 8.06. The molecule has 28 heavy (non-hydrogen) atoms. The molecule has 9 heteroatoms. The number of carbonyl (C=O) groups excluding carboxylic acids is 1. The van der Waals surface area contributed by atoms with Crippen LogP contribution in [0, 0.1) is 15.9 Å². The molecule has 0 bridgehead atoms. The molecule has 0 aliphatic heterocycles. The maximum absolute atomic E-state index is 12.9. The predicted molar refractivity (Wildman–Crippen MR) is 97.0 cm³/mol. The molecule has 1 heterocycles. The zero-order chi connectivity index (χ0) is 20.1. The van der Waals surface area contributed by atoms with E-state index in [-0.39, 0.29) is 35.3 Å². The fourth-order valence-corrected chi connectivity index (χ4v) is 2.33. The molecule has 0 saturated heterocycles. The monoisotopic (exact) mass is 386 g/mol. The van der Waals surface area contributed by atoms with Gasteiger partial charge in [-0.05, 0) is 36.4 Å². The molecule has 8 nitrogen and oxygen atoms in total. The van der Waals surface area contributed by atoms with E-state index in [1.54, 1.807) is 6.07 Å². The molecule has 0 aliphatic rings. The topological polar surface area (TPSA) is 104 Å². The molecule has 3 aromatic rings. The highest BCUT2D eigenvalue weighted by molar-refractivity contribution is 6.02. The lowest BCUT2D eigenvalue weighted by Crippen LogP contribution is -2.11. The highest BCUT2D eigenvalue weighted by atomic mass is 19.1. The van der Waals surface area contributed by atoms with Crippen LogP contribution >= 0.6 is 0 Å². The number of carbonyl (C=O) groups is 1. The van der Waals surface area contributed by atoms with Gasteiger partial charge in [0.25, 0.3) is 11.6 Å². The standard InChI is InChI=1S/C19H15FN2O6/c1-26-17-9-13(8-14(10-17)22(24)25)21-19(23)18-7-6-16(28-18)11-27-15-4-2-12(20)3-5-15/h2-10H,11H2,1H3,(H,21,23). The van der Waals surface area contributed by atoms with Crippen LogP contribution in [-0.4, -0.2) is 17.9 Å². The Labute approximate surface area is 158 Å². The van der Waals surface area contributed by atoms with E-state index in [9.17, 15) is 19.3 Å². The number of amides is 1. The van der Waals surface area contributed by atoms with Gasteiger partial charge in [-0.25, -0.2) is 4.39 Å². The van der Waals surface area contributed by atoms with Gasteiger partial charge in [0.2, 0.25) is 0 Å². The second kappa shape index (κ2) is 8.21. The van der Waals surface area contributed by atoms with Gasteiger partial charge in [-0.1, -0.05) is 0 Å². The Morgan fingerprint density at radius 2 is 1.89 bits per heavy atom. The van der Waals surface area contributed by atoms with Crippen molar-refractivity contribution in [3.8, 4) is 11.5 Å². The van der Waals surface area contributed by atoms with E-state index in [2.05, 4.69) is 5.32 Å². The number of benzene rings is 2. The van der Waals surface area contributed by atoms with E-state index in [4.69, 9.17) is 13.9 Å². The average Bonchev–Trinajstić information content (AvgIpc) is 3.16. The number of methoxy groups -OCH3 is 1. The maximum atomic E-state index is 12.9. The van der Waals surface area contributed by atoms with Crippen LogP contribution in [0.15, 0.2) is 59.0 Å². The number of rotatable bonds is 7. The summed E-state index contributed by atoms with van der Waals surface area (Å²) in [6, 6.07) is 12.4. The van der Waals surface area contributed by atoms with Gasteiger partial charge in [0.05, 0.1) is 23.8 Å². The van der Waals surface area contributed by atoms with Crippen LogP contribution < -0.4 is 14.8 Å². The van der Waals surface area contributed by atoms with E-state index in [1.807, 2.05) is 0 Å². The molecular formula is C19H15FN2O6. The molecule has 0 aliphatic carbocycles. The van der Waals surface area contributed by atoms with Crippen LogP contribution in [0.2, 0.25) is 0 Å². The summed E-state index contributed by atoms with van der Waals surface area (Å²) in [5.74, 6) is 0.108. The number of non-ortho nitro benzene ring substituents is 1. The Morgan fingerprint density at radius 1 is 1.14 bits per heavy atom. The Balaban J connectivity index is 1.66. The molecular weight excluding hydrogens is 371 g/mol. The number of hydrogen-bond donors (Lipinski definition) is 1. The lowest BCUT2D eigenvalue weighted by Gasteiger charge is -2.06. The third kappa shape index (κ3) is 4.64. The van der Waals surface area contributed by atoms with Crippen molar-refractivity contribution in [2.75, 3.05) is 12.4 Å². The highest BCUT2D eigenvalue weighted by Gasteiger charge is 2.15. The molecule has 0 spiro atoms. The first kappa shape index (κ1) is 18.9. The third-order valence-corrected chi connectivity index (χ3v) is 3.68. The van der Waals surface area contributed by atoms with E-state index in [0.29, 0.717) is 11.5 Å². The first-order chi connectivity index (χ1) is 13.4. The van der Waals surface area contributed by atoms with Crippen LogP contribution in [0.25, 0.3) is 0 Å². The van der Waals surface area contributed by atoms with Crippen molar-refractivity contribution >= 4 is 17.3 Å². The zero-order valence-corrected chi connectivity index (χ0v) is 14.7. The average molecular weight is 386 g/mol. The first-order valence-electron chi connectivity index (χ1n) is 8.06. The maximum Gasteiger partial charge on any atom is 0.291 e. The molecule has 0 fully saturated rings. The van der Waals surface area contributed by atoms with Crippen molar-refractivity contribution in [3.05, 3.63) is 82.0 Å². The van der Waals surface area contributed by atoms with Gasteiger partial charge in [0.15, 0.2) is 5.76 Å². The zero-order valence-electron chi connectivity index (χ0n) is 14.7. The van der Waals surface area contributed by atoms with E-state index in [1.165, 1.54) is 55.6 Å². The minimum absolute atomic E-state index is 0.00294. The van der Waals surface area contributed by atoms with Crippen molar-refractivity contribution in [3.63, 3.8) is 0 Å². The lowest BCUT2D eigenvalue weighted by molar-refractivity contribution is -0.384. The van der Waals surface area contributed by atoms with Gasteiger partial charge >= 0.3 is 0 Å². The Hall–Kier alpha value is -3.88. The summed E-state index contributed by atoms with van der Waals surface area (Å²) in [7, 11) is 1.37. The second-order valence-corrected chi connectivity index (χ2v) is 5.64. The summed E-state index contributed by atoms with van der Waals surface area (Å²) >= 11 is 0. The number of furan rings is 1. The second-order valence-electron chi connectivity index (χ2n) is 5.64. The number of hydrogen-bond acceptors (Lipinski definition) is 6. The smallest absolute Gasteiger partial charge is 0.291 e. The molecule has 144 valence electrons. The van der Waals surface area contributed by atoms with E-state index in [0.717, 1.165) is 0 Å². The summed E-state index contributed by atoms with van der Waals surface area (Å²) in [6.45, 7) is 0.0452. The SMILES string of the molecule is COc1cc(NC(=O)c2ccc(COc3ccc(F)cc3)o2)cc([N+](=O)[O-])c1. The van der Waals surface area contributed by atoms with Gasteiger partial charge in [-0.2, -0.15) is 0 Å². The number of nitro benzene ring substituents is 1. The molecule has 0 atom stereocenters. The fourth-order valence-electron chi connectivity index (χ4n) is 2.33. The number of halogens is 1. The van der Waals surface area contributed by atoms with Crippen LogP contribution in [-0.2, 0) is 6.61 Å². The molecule has 1 N–H and O–H groups in total. The number of nitrogens with zero attached hydrogens (tertiary/aromatic N) is 1. The highest BCUT2D eigenvalue weighted by Crippen LogP contribution is 2.26. The summed E-state index contributed by atoms with van der Waals surface area (Å²) in [5.41, 5.74) is -0.0287. The summed E-state index contributed by atoms with van der Waals surface area (Å²) in [6.07, 6.45) is 0. The molecule has 2 aromatic carbocycles. The molecule has 0 saturated carbocycles. The summed E-state index contributed by atoms with van der Waals surface area (Å²) in [4.78, 5) is 22.7. The van der Waals surface area contributed by atoms with Crippen LogP contribution in [0.5, 0.6) is 11.5 Å². The fraction of sp³-hybridized carbons (Fsp3) is 0.105. The van der Waals surface area contributed by atoms with Gasteiger partial charge in [-0.15, -0.1) is 0 Å². The molecule has 3 rings (SSSR count). The van der Waals surface area contributed by atoms with Crippen molar-refractivity contribution in [2.24, 2.45) is 0 Å². The molecule has 0 unspecified atom stereocenters. The third-order valence-electron chi connectivity index (χ3n) is 3.68. The normalized spacial score (nSPS) is 10.4. The Kier molecular flexibility index (Phi) is 5.54.